The Balaban J connectivity index is 1.49. The topological polar surface area (TPSA) is 74.5 Å². The summed E-state index contributed by atoms with van der Waals surface area (Å²) in [6.45, 7) is 4.11. The summed E-state index contributed by atoms with van der Waals surface area (Å²) in [5.41, 5.74) is 7.16. The van der Waals surface area contributed by atoms with Crippen LogP contribution < -0.4 is 16.0 Å². The molecule has 4 rings (SSSR count). The van der Waals surface area contributed by atoms with Gasteiger partial charge in [0.25, 0.3) is 0 Å². The fourth-order valence-electron chi connectivity index (χ4n) is 3.56. The number of nitrogens with two attached hydrogens (primary N) is 1. The molecule has 1 aromatic heterocycles. The van der Waals surface area contributed by atoms with E-state index in [0.29, 0.717) is 5.13 Å². The number of anilines is 4. The highest BCUT2D eigenvalue weighted by Crippen LogP contribution is 2.31. The molecule has 2 heterocycles. The Labute approximate surface area is 183 Å². The van der Waals surface area contributed by atoms with Crippen molar-refractivity contribution < 1.29 is 13.6 Å². The fourth-order valence-corrected chi connectivity index (χ4v) is 4.41. The van der Waals surface area contributed by atoms with Crippen molar-refractivity contribution in [2.75, 3.05) is 49.2 Å². The predicted molar refractivity (Wildman–Crippen MR) is 120 cm³/mol. The molecule has 0 amide bonds. The Kier molecular flexibility index (Phi) is 6.15. The molecule has 1 aliphatic heterocycles. The number of aromatic nitrogens is 1. The Morgan fingerprint density at radius 2 is 1.77 bits per heavy atom. The van der Waals surface area contributed by atoms with Gasteiger partial charge in [0, 0.05) is 31.0 Å². The van der Waals surface area contributed by atoms with E-state index in [0.717, 1.165) is 67.4 Å². The number of nitrogens with one attached hydrogen (secondary N) is 1. The van der Waals surface area contributed by atoms with Gasteiger partial charge in [0.2, 0.25) is 5.78 Å². The van der Waals surface area contributed by atoms with E-state index >= 15 is 0 Å². The Bertz CT molecular complexity index is 1070. The van der Waals surface area contributed by atoms with Crippen LogP contribution in [0.2, 0.25) is 0 Å². The smallest absolute Gasteiger partial charge is 0.212 e. The lowest BCUT2D eigenvalue weighted by Gasteiger charge is -2.23. The summed E-state index contributed by atoms with van der Waals surface area (Å²) in [5, 5.41) is 3.49. The molecule has 0 radical (unpaired) electrons. The van der Waals surface area contributed by atoms with Crippen molar-refractivity contribution in [1.29, 1.82) is 0 Å². The van der Waals surface area contributed by atoms with Crippen LogP contribution in [0.5, 0.6) is 0 Å². The number of thiazole rings is 1. The Hall–Kier alpha value is -3.04. The number of benzene rings is 2. The van der Waals surface area contributed by atoms with Gasteiger partial charge in [-0.2, -0.15) is 0 Å². The number of carbonyl (C=O) groups excluding carboxylic acids is 1. The summed E-state index contributed by atoms with van der Waals surface area (Å²) in [5.74, 6) is -2.74. The van der Waals surface area contributed by atoms with Gasteiger partial charge >= 0.3 is 0 Å². The van der Waals surface area contributed by atoms with E-state index in [9.17, 15) is 13.6 Å². The largest absolute Gasteiger partial charge is 0.382 e. The number of nitrogen functional groups attached to an aromatic ring is 1. The van der Waals surface area contributed by atoms with Gasteiger partial charge in [0.05, 0.1) is 5.56 Å². The average molecular weight is 444 g/mol. The molecule has 0 aliphatic carbocycles. The van der Waals surface area contributed by atoms with Crippen LogP contribution in [0.25, 0.3) is 0 Å². The van der Waals surface area contributed by atoms with Gasteiger partial charge in [-0.15, -0.1) is 0 Å². The monoisotopic (exact) mass is 443 g/mol. The lowest BCUT2D eigenvalue weighted by Crippen LogP contribution is -2.28. The van der Waals surface area contributed by atoms with Crippen LogP contribution in [0.15, 0.2) is 42.5 Å². The van der Waals surface area contributed by atoms with E-state index in [2.05, 4.69) is 27.1 Å². The zero-order valence-corrected chi connectivity index (χ0v) is 17.9. The second-order valence-corrected chi connectivity index (χ2v) is 8.47. The highest BCUT2D eigenvalue weighted by atomic mass is 32.1. The van der Waals surface area contributed by atoms with Crippen molar-refractivity contribution in [2.24, 2.45) is 0 Å². The minimum Gasteiger partial charge on any atom is -0.382 e. The first-order valence-corrected chi connectivity index (χ1v) is 10.8. The van der Waals surface area contributed by atoms with Gasteiger partial charge in [-0.3, -0.25) is 4.79 Å². The van der Waals surface area contributed by atoms with Crippen molar-refractivity contribution in [3.8, 4) is 0 Å². The molecular weight excluding hydrogens is 420 g/mol. The molecule has 3 aromatic rings. The van der Waals surface area contributed by atoms with E-state index in [1.54, 1.807) is 0 Å². The van der Waals surface area contributed by atoms with Gasteiger partial charge in [-0.1, -0.05) is 17.4 Å². The zero-order valence-electron chi connectivity index (χ0n) is 17.1. The number of rotatable bonds is 5. The molecule has 0 saturated carbocycles. The van der Waals surface area contributed by atoms with Crippen molar-refractivity contribution >= 4 is 39.4 Å². The maximum atomic E-state index is 14.0. The molecule has 0 bridgehead atoms. The number of hydrogen-bond acceptors (Lipinski definition) is 7. The van der Waals surface area contributed by atoms with E-state index < -0.39 is 23.0 Å². The summed E-state index contributed by atoms with van der Waals surface area (Å²) in [6, 6.07) is 11.2. The van der Waals surface area contributed by atoms with Crippen LogP contribution in [-0.4, -0.2) is 48.9 Å². The fraction of sp³-hybridized carbons (Fsp3) is 0.273. The van der Waals surface area contributed by atoms with Gasteiger partial charge in [-0.05, 0) is 56.4 Å². The van der Waals surface area contributed by atoms with Crippen LogP contribution in [0.4, 0.5) is 31.1 Å². The van der Waals surface area contributed by atoms with Crippen LogP contribution in [0.3, 0.4) is 0 Å². The molecule has 9 heteroatoms. The quantitative estimate of drug-likeness (QED) is 0.578. The third kappa shape index (κ3) is 4.67. The SMILES string of the molecule is CN1CCCN(c2ccc(Nc3nc(N)c(C(=O)c4c(F)cccc4F)s3)cc2)CC1. The lowest BCUT2D eigenvalue weighted by molar-refractivity contribution is 0.103. The van der Waals surface area contributed by atoms with E-state index in [4.69, 9.17) is 5.73 Å². The minimum absolute atomic E-state index is 0.00296. The second-order valence-electron chi connectivity index (χ2n) is 7.47. The third-order valence-corrected chi connectivity index (χ3v) is 6.24. The molecule has 1 saturated heterocycles. The highest BCUT2D eigenvalue weighted by Gasteiger charge is 2.24. The minimum atomic E-state index is -0.928. The number of nitrogens with zero attached hydrogens (tertiary/aromatic N) is 3. The number of carbonyl (C=O) groups is 1. The van der Waals surface area contributed by atoms with Crippen molar-refractivity contribution in [2.45, 2.75) is 6.42 Å². The molecule has 1 aliphatic rings. The molecule has 2 aromatic carbocycles. The number of likely N-dealkylation sites (N-methyl/N-ethyl adjacent to an activating group) is 1. The maximum absolute atomic E-state index is 14.0. The van der Waals surface area contributed by atoms with E-state index in [1.807, 2.05) is 24.3 Å². The van der Waals surface area contributed by atoms with Crippen LogP contribution in [0, 0.1) is 11.6 Å². The first-order chi connectivity index (χ1) is 14.9. The summed E-state index contributed by atoms with van der Waals surface area (Å²) in [4.78, 5) is 21.4. The first kappa shape index (κ1) is 21.2. The van der Waals surface area contributed by atoms with Crippen molar-refractivity contribution in [1.82, 2.24) is 9.88 Å². The summed E-state index contributed by atoms with van der Waals surface area (Å²) in [7, 11) is 2.13. The van der Waals surface area contributed by atoms with E-state index in [-0.39, 0.29) is 10.7 Å². The third-order valence-electron chi connectivity index (χ3n) is 5.25. The zero-order chi connectivity index (χ0) is 22.0. The molecule has 31 heavy (non-hydrogen) atoms. The van der Waals surface area contributed by atoms with Crippen molar-refractivity contribution in [3.63, 3.8) is 0 Å². The number of hydrogen-bond donors (Lipinski definition) is 2. The van der Waals surface area contributed by atoms with Crippen LogP contribution in [0.1, 0.15) is 21.7 Å². The molecule has 1 fully saturated rings. The van der Waals surface area contributed by atoms with Crippen molar-refractivity contribution in [3.05, 3.63) is 64.5 Å². The first-order valence-electron chi connectivity index (χ1n) is 9.98. The molecule has 0 atom stereocenters. The number of ketones is 1. The second kappa shape index (κ2) is 8.99. The molecule has 3 N–H and O–H groups in total. The van der Waals surface area contributed by atoms with Crippen LogP contribution in [-0.2, 0) is 0 Å². The summed E-state index contributed by atoms with van der Waals surface area (Å²) < 4.78 is 27.9. The lowest BCUT2D eigenvalue weighted by atomic mass is 10.1. The van der Waals surface area contributed by atoms with Gasteiger partial charge in [0.1, 0.15) is 22.3 Å². The van der Waals surface area contributed by atoms with Gasteiger partial charge in [0.15, 0.2) is 5.13 Å². The summed E-state index contributed by atoms with van der Waals surface area (Å²) in [6.07, 6.45) is 1.12. The average Bonchev–Trinajstić information content (AvgIpc) is 2.96. The standard InChI is InChI=1S/C22H23F2N5OS/c1-28-10-3-11-29(13-12-28)15-8-6-14(7-9-15)26-22-27-21(25)20(31-22)19(30)18-16(23)4-2-5-17(18)24/h2,4-9H,3,10-13,25H2,1H3,(H,26,27). The summed E-state index contributed by atoms with van der Waals surface area (Å²) >= 11 is 0.964. The van der Waals surface area contributed by atoms with Gasteiger partial charge < -0.3 is 20.9 Å². The molecule has 0 spiro atoms. The molecule has 0 unspecified atom stereocenters. The Morgan fingerprint density at radius 1 is 1.06 bits per heavy atom. The normalized spacial score (nSPS) is 15.0. The Morgan fingerprint density at radius 3 is 2.48 bits per heavy atom. The molecular formula is C22H23F2N5OS. The number of halogens is 2. The highest BCUT2D eigenvalue weighted by molar-refractivity contribution is 7.18. The predicted octanol–water partition coefficient (Wildman–Crippen LogP) is 4.12. The van der Waals surface area contributed by atoms with E-state index in [1.165, 1.54) is 6.07 Å². The molecule has 6 nitrogen and oxygen atoms in total. The molecule has 162 valence electrons. The van der Waals surface area contributed by atoms with Crippen LogP contribution >= 0.6 is 11.3 Å². The maximum Gasteiger partial charge on any atom is 0.212 e. The van der Waals surface area contributed by atoms with Gasteiger partial charge in [-0.25, -0.2) is 13.8 Å².